The SMILES string of the molecule is CCCCCSc1ccc(CCOC(=O)CN(C)C2CCOC2=O)c2ccccc12. The first kappa shape index (κ1) is 22.6. The molecular formula is C24H31NO4S. The molecule has 5 nitrogen and oxygen atoms in total. The van der Waals surface area contributed by atoms with Crippen LogP contribution in [0.3, 0.4) is 0 Å². The highest BCUT2D eigenvalue weighted by Crippen LogP contribution is 2.31. The summed E-state index contributed by atoms with van der Waals surface area (Å²) in [4.78, 5) is 26.8. The minimum atomic E-state index is -0.344. The van der Waals surface area contributed by atoms with Gasteiger partial charge in [-0.2, -0.15) is 0 Å². The van der Waals surface area contributed by atoms with Crippen LogP contribution in [0.1, 0.15) is 38.2 Å². The van der Waals surface area contributed by atoms with Gasteiger partial charge in [-0.15, -0.1) is 11.8 Å². The van der Waals surface area contributed by atoms with Crippen molar-refractivity contribution in [2.45, 2.75) is 50.0 Å². The van der Waals surface area contributed by atoms with E-state index < -0.39 is 0 Å². The molecule has 3 rings (SSSR count). The Morgan fingerprint density at radius 2 is 2.00 bits per heavy atom. The molecule has 6 heteroatoms. The molecule has 2 aromatic rings. The Labute approximate surface area is 183 Å². The summed E-state index contributed by atoms with van der Waals surface area (Å²) < 4.78 is 10.4. The van der Waals surface area contributed by atoms with E-state index in [4.69, 9.17) is 9.47 Å². The summed E-state index contributed by atoms with van der Waals surface area (Å²) in [7, 11) is 1.75. The summed E-state index contributed by atoms with van der Waals surface area (Å²) in [6.07, 6.45) is 5.03. The fraction of sp³-hybridized carbons (Fsp3) is 0.500. The van der Waals surface area contributed by atoms with Crippen molar-refractivity contribution in [1.29, 1.82) is 0 Å². The monoisotopic (exact) mass is 429 g/mol. The highest BCUT2D eigenvalue weighted by atomic mass is 32.2. The van der Waals surface area contributed by atoms with Gasteiger partial charge in [0.25, 0.3) is 0 Å². The zero-order valence-corrected chi connectivity index (χ0v) is 18.7. The van der Waals surface area contributed by atoms with Crippen molar-refractivity contribution in [2.75, 3.05) is 32.6 Å². The molecule has 1 saturated heterocycles. The molecule has 0 aliphatic carbocycles. The number of carbonyl (C=O) groups is 2. The molecule has 0 saturated carbocycles. The zero-order chi connectivity index (χ0) is 21.3. The first-order valence-corrected chi connectivity index (χ1v) is 11.7. The Balaban J connectivity index is 1.54. The molecule has 1 unspecified atom stereocenters. The molecule has 1 aliphatic rings. The van der Waals surface area contributed by atoms with E-state index in [1.807, 2.05) is 11.8 Å². The maximum absolute atomic E-state index is 12.2. The van der Waals surface area contributed by atoms with Gasteiger partial charge >= 0.3 is 11.9 Å². The number of unbranched alkanes of at least 4 members (excludes halogenated alkanes) is 2. The number of hydrogen-bond acceptors (Lipinski definition) is 6. The second-order valence-corrected chi connectivity index (χ2v) is 8.82. The van der Waals surface area contributed by atoms with Crippen LogP contribution in [-0.4, -0.2) is 55.4 Å². The van der Waals surface area contributed by atoms with Crippen LogP contribution in [0, 0.1) is 0 Å². The summed E-state index contributed by atoms with van der Waals surface area (Å²) in [6.45, 7) is 3.06. The van der Waals surface area contributed by atoms with Crippen LogP contribution >= 0.6 is 11.8 Å². The summed E-state index contributed by atoms with van der Waals surface area (Å²) in [5, 5.41) is 2.49. The third kappa shape index (κ3) is 5.99. The van der Waals surface area contributed by atoms with Gasteiger partial charge in [0.15, 0.2) is 0 Å². The topological polar surface area (TPSA) is 55.8 Å². The van der Waals surface area contributed by atoms with E-state index in [9.17, 15) is 9.59 Å². The number of nitrogens with zero attached hydrogens (tertiary/aromatic N) is 1. The minimum absolute atomic E-state index is 0.0911. The number of benzene rings is 2. The Hall–Kier alpha value is -2.05. The van der Waals surface area contributed by atoms with Crippen LogP contribution < -0.4 is 0 Å². The minimum Gasteiger partial charge on any atom is -0.464 e. The highest BCUT2D eigenvalue weighted by Gasteiger charge is 2.31. The maximum Gasteiger partial charge on any atom is 0.323 e. The summed E-state index contributed by atoms with van der Waals surface area (Å²) >= 11 is 1.92. The van der Waals surface area contributed by atoms with Gasteiger partial charge < -0.3 is 9.47 Å². The second-order valence-electron chi connectivity index (χ2n) is 7.68. The molecule has 0 bridgehead atoms. The number of carbonyl (C=O) groups excluding carboxylic acids is 2. The van der Waals surface area contributed by atoms with Gasteiger partial charge in [-0.3, -0.25) is 14.5 Å². The summed E-state index contributed by atoms with van der Waals surface area (Å²) in [5.41, 5.74) is 1.18. The first-order valence-electron chi connectivity index (χ1n) is 10.8. The van der Waals surface area contributed by atoms with Gasteiger partial charge in [0.2, 0.25) is 0 Å². The molecule has 1 aliphatic heterocycles. The number of cyclic esters (lactones) is 1. The fourth-order valence-electron chi connectivity index (χ4n) is 3.73. The molecule has 0 N–H and O–H groups in total. The van der Waals surface area contributed by atoms with Crippen LogP contribution in [0.25, 0.3) is 10.8 Å². The van der Waals surface area contributed by atoms with Crippen molar-refractivity contribution in [1.82, 2.24) is 4.90 Å². The van der Waals surface area contributed by atoms with Gasteiger partial charge in [0.05, 0.1) is 19.8 Å². The number of rotatable bonds is 11. The summed E-state index contributed by atoms with van der Waals surface area (Å²) in [5.74, 6) is 0.561. The molecule has 30 heavy (non-hydrogen) atoms. The average Bonchev–Trinajstić information content (AvgIpc) is 3.18. The maximum atomic E-state index is 12.2. The largest absolute Gasteiger partial charge is 0.464 e. The van der Waals surface area contributed by atoms with Gasteiger partial charge in [-0.25, -0.2) is 0 Å². The van der Waals surface area contributed by atoms with Crippen LogP contribution in [0.2, 0.25) is 0 Å². The highest BCUT2D eigenvalue weighted by molar-refractivity contribution is 7.99. The van der Waals surface area contributed by atoms with Crippen LogP contribution in [0.5, 0.6) is 0 Å². The van der Waals surface area contributed by atoms with E-state index in [0.29, 0.717) is 26.1 Å². The lowest BCUT2D eigenvalue weighted by atomic mass is 10.0. The number of thioether (sulfide) groups is 1. The Morgan fingerprint density at radius 3 is 2.73 bits per heavy atom. The van der Waals surface area contributed by atoms with Crippen molar-refractivity contribution in [3.63, 3.8) is 0 Å². The van der Waals surface area contributed by atoms with Crippen LogP contribution in [0.15, 0.2) is 41.3 Å². The number of likely N-dealkylation sites (N-methyl/N-ethyl adjacent to an activating group) is 1. The summed E-state index contributed by atoms with van der Waals surface area (Å²) in [6, 6.07) is 12.4. The Kier molecular flexibility index (Phi) is 8.58. The van der Waals surface area contributed by atoms with E-state index >= 15 is 0 Å². The van der Waals surface area contributed by atoms with E-state index in [2.05, 4.69) is 43.3 Å². The number of fused-ring (bicyclic) bond motifs is 1. The average molecular weight is 430 g/mol. The fourth-order valence-corrected chi connectivity index (χ4v) is 4.80. The van der Waals surface area contributed by atoms with E-state index in [0.717, 1.165) is 5.75 Å². The quantitative estimate of drug-likeness (QED) is 0.299. The molecular weight excluding hydrogens is 398 g/mol. The lowest BCUT2D eigenvalue weighted by Crippen LogP contribution is -2.39. The molecule has 0 radical (unpaired) electrons. The third-order valence-electron chi connectivity index (χ3n) is 5.43. The molecule has 1 atom stereocenters. The van der Waals surface area contributed by atoms with E-state index in [1.165, 1.54) is 40.5 Å². The lowest BCUT2D eigenvalue weighted by Gasteiger charge is -2.19. The third-order valence-corrected chi connectivity index (χ3v) is 6.59. The zero-order valence-electron chi connectivity index (χ0n) is 17.9. The predicted octanol–water partition coefficient (Wildman–Crippen LogP) is 4.46. The van der Waals surface area contributed by atoms with Crippen molar-refractivity contribution in [3.8, 4) is 0 Å². The smallest absolute Gasteiger partial charge is 0.323 e. The molecule has 0 spiro atoms. The predicted molar refractivity (Wildman–Crippen MR) is 121 cm³/mol. The van der Waals surface area contributed by atoms with E-state index in [1.54, 1.807) is 11.9 Å². The van der Waals surface area contributed by atoms with Crippen molar-refractivity contribution >= 4 is 34.5 Å². The van der Waals surface area contributed by atoms with Crippen LogP contribution in [0.4, 0.5) is 0 Å². The molecule has 0 amide bonds. The van der Waals surface area contributed by atoms with Crippen molar-refractivity contribution < 1.29 is 19.1 Å². The van der Waals surface area contributed by atoms with Gasteiger partial charge in [-0.05, 0) is 41.6 Å². The second kappa shape index (κ2) is 11.4. The van der Waals surface area contributed by atoms with Crippen molar-refractivity contribution in [3.05, 3.63) is 42.0 Å². The molecule has 1 fully saturated rings. The standard InChI is InChI=1S/C24H31NO4S/c1-3-4-7-16-30-22-11-10-18(19-8-5-6-9-20(19)22)12-14-28-23(26)17-25(2)21-13-15-29-24(21)27/h5-6,8-11,21H,3-4,7,12-17H2,1-2H3. The molecule has 1 heterocycles. The van der Waals surface area contributed by atoms with Crippen LogP contribution in [-0.2, 0) is 25.5 Å². The number of hydrogen-bond donors (Lipinski definition) is 0. The molecule has 162 valence electrons. The number of esters is 2. The Morgan fingerprint density at radius 1 is 1.20 bits per heavy atom. The van der Waals surface area contributed by atoms with E-state index in [-0.39, 0.29) is 24.5 Å². The normalized spacial score (nSPS) is 16.2. The Bertz CT molecular complexity index is 869. The lowest BCUT2D eigenvalue weighted by molar-refractivity contribution is -0.147. The van der Waals surface area contributed by atoms with Gasteiger partial charge in [0, 0.05) is 17.7 Å². The first-order chi connectivity index (χ1) is 14.6. The number of ether oxygens (including phenoxy) is 2. The van der Waals surface area contributed by atoms with Gasteiger partial charge in [0.1, 0.15) is 6.04 Å². The molecule has 0 aromatic heterocycles. The molecule has 2 aromatic carbocycles. The van der Waals surface area contributed by atoms with Crippen molar-refractivity contribution in [2.24, 2.45) is 0 Å². The van der Waals surface area contributed by atoms with Gasteiger partial charge in [-0.1, -0.05) is 50.1 Å².